The predicted molar refractivity (Wildman–Crippen MR) is 115 cm³/mol. The highest BCUT2D eigenvalue weighted by Gasteiger charge is 2.11. The lowest BCUT2D eigenvalue weighted by molar-refractivity contribution is -0.112. The predicted octanol–water partition coefficient (Wildman–Crippen LogP) is 6.24. The summed E-state index contributed by atoms with van der Waals surface area (Å²) < 4.78 is 5.72. The molecule has 7 heteroatoms. The van der Waals surface area contributed by atoms with Gasteiger partial charge in [0.25, 0.3) is 5.91 Å². The van der Waals surface area contributed by atoms with Crippen LogP contribution in [0.2, 0.25) is 10.0 Å². The molecule has 0 aliphatic heterocycles. The first kappa shape index (κ1) is 20.3. The number of nitriles is 1. The summed E-state index contributed by atoms with van der Waals surface area (Å²) in [6, 6.07) is 23.0. The van der Waals surface area contributed by atoms with Crippen LogP contribution in [0.25, 0.3) is 0 Å². The Morgan fingerprint density at radius 3 is 2.34 bits per heavy atom. The third-order valence-corrected chi connectivity index (χ3v) is 4.32. The summed E-state index contributed by atoms with van der Waals surface area (Å²) >= 11 is 11.9. The van der Waals surface area contributed by atoms with Crippen LogP contribution in [-0.4, -0.2) is 5.91 Å². The summed E-state index contributed by atoms with van der Waals surface area (Å²) in [7, 11) is 0. The number of amides is 1. The van der Waals surface area contributed by atoms with Gasteiger partial charge in [0.05, 0.1) is 10.7 Å². The number of para-hydroxylation sites is 1. The minimum Gasteiger partial charge on any atom is -0.457 e. The Kier molecular flexibility index (Phi) is 6.75. The summed E-state index contributed by atoms with van der Waals surface area (Å²) in [6.07, 6.45) is 1.32. The smallest absolute Gasteiger partial charge is 0.267 e. The van der Waals surface area contributed by atoms with Crippen LogP contribution in [0.4, 0.5) is 11.4 Å². The molecule has 144 valence electrons. The highest BCUT2D eigenvalue weighted by Crippen LogP contribution is 2.26. The van der Waals surface area contributed by atoms with Gasteiger partial charge >= 0.3 is 0 Å². The molecule has 0 heterocycles. The van der Waals surface area contributed by atoms with Crippen molar-refractivity contribution in [3.05, 3.63) is 94.6 Å². The number of carbonyl (C=O) groups is 1. The largest absolute Gasteiger partial charge is 0.457 e. The van der Waals surface area contributed by atoms with Crippen LogP contribution in [0.5, 0.6) is 11.5 Å². The Bertz CT molecular complexity index is 1080. The second-order valence-corrected chi connectivity index (χ2v) is 6.68. The number of benzene rings is 3. The highest BCUT2D eigenvalue weighted by atomic mass is 35.5. The molecule has 0 saturated carbocycles. The van der Waals surface area contributed by atoms with Crippen molar-refractivity contribution in [1.29, 1.82) is 5.26 Å². The number of anilines is 2. The van der Waals surface area contributed by atoms with Crippen LogP contribution >= 0.6 is 23.2 Å². The molecule has 0 atom stereocenters. The van der Waals surface area contributed by atoms with Crippen molar-refractivity contribution < 1.29 is 9.53 Å². The molecule has 1 amide bonds. The van der Waals surface area contributed by atoms with Crippen LogP contribution in [-0.2, 0) is 4.79 Å². The summed E-state index contributed by atoms with van der Waals surface area (Å²) in [5, 5.41) is 15.5. The standard InChI is InChI=1S/C22H15Cl2N3O2/c23-16-6-11-20(24)21(12-16)27-22(28)15(13-25)14-26-17-7-9-19(10-8-17)29-18-4-2-1-3-5-18/h1-12,14,26H,(H,27,28)/b15-14-. The number of nitrogens with zero attached hydrogens (tertiary/aromatic N) is 1. The van der Waals surface area contributed by atoms with Crippen LogP contribution in [0.15, 0.2) is 84.6 Å². The Balaban J connectivity index is 1.64. The third kappa shape index (κ3) is 5.76. The van der Waals surface area contributed by atoms with E-state index in [4.69, 9.17) is 27.9 Å². The van der Waals surface area contributed by atoms with Gasteiger partial charge in [-0.2, -0.15) is 5.26 Å². The van der Waals surface area contributed by atoms with E-state index in [1.54, 1.807) is 36.4 Å². The van der Waals surface area contributed by atoms with Crippen LogP contribution < -0.4 is 15.4 Å². The van der Waals surface area contributed by atoms with Crippen molar-refractivity contribution >= 4 is 40.5 Å². The van der Waals surface area contributed by atoms with Gasteiger partial charge in [-0.3, -0.25) is 4.79 Å². The lowest BCUT2D eigenvalue weighted by atomic mass is 10.2. The summed E-state index contributed by atoms with van der Waals surface area (Å²) in [4.78, 5) is 12.3. The SMILES string of the molecule is N#C/C(=C/Nc1ccc(Oc2ccccc2)cc1)C(=O)Nc1cc(Cl)ccc1Cl. The first-order valence-electron chi connectivity index (χ1n) is 8.51. The zero-order valence-electron chi connectivity index (χ0n) is 15.0. The fraction of sp³-hybridized carbons (Fsp3) is 0. The molecule has 29 heavy (non-hydrogen) atoms. The average molecular weight is 424 g/mol. The van der Waals surface area contributed by atoms with Gasteiger partial charge < -0.3 is 15.4 Å². The molecule has 0 aliphatic carbocycles. The number of nitrogens with one attached hydrogen (secondary N) is 2. The molecule has 3 aromatic carbocycles. The van der Waals surface area contributed by atoms with E-state index in [0.717, 1.165) is 5.75 Å². The molecule has 3 aromatic rings. The number of carbonyl (C=O) groups excluding carboxylic acids is 1. The van der Waals surface area contributed by atoms with E-state index in [-0.39, 0.29) is 5.57 Å². The van der Waals surface area contributed by atoms with Gasteiger partial charge in [-0.05, 0) is 54.6 Å². The van der Waals surface area contributed by atoms with Gasteiger partial charge in [0, 0.05) is 16.9 Å². The van der Waals surface area contributed by atoms with Gasteiger partial charge in [0.2, 0.25) is 0 Å². The Morgan fingerprint density at radius 1 is 0.966 bits per heavy atom. The molecule has 5 nitrogen and oxygen atoms in total. The number of halogens is 2. The lowest BCUT2D eigenvalue weighted by Crippen LogP contribution is -2.14. The number of ether oxygens (including phenoxy) is 1. The number of hydrogen-bond acceptors (Lipinski definition) is 4. The molecule has 0 bridgehead atoms. The minimum absolute atomic E-state index is 0.120. The fourth-order valence-electron chi connectivity index (χ4n) is 2.33. The molecular formula is C22H15Cl2N3O2. The second-order valence-electron chi connectivity index (χ2n) is 5.83. The van der Waals surface area contributed by atoms with Crippen molar-refractivity contribution in [3.8, 4) is 17.6 Å². The Morgan fingerprint density at radius 2 is 1.66 bits per heavy atom. The van der Waals surface area contributed by atoms with Gasteiger partial charge in [-0.25, -0.2) is 0 Å². The van der Waals surface area contributed by atoms with Gasteiger partial charge in [0.1, 0.15) is 23.1 Å². The van der Waals surface area contributed by atoms with Gasteiger partial charge in [0.15, 0.2) is 0 Å². The molecule has 0 aliphatic rings. The number of rotatable bonds is 6. The first-order chi connectivity index (χ1) is 14.0. The maximum Gasteiger partial charge on any atom is 0.267 e. The van der Waals surface area contributed by atoms with Crippen molar-refractivity contribution in [2.45, 2.75) is 0 Å². The summed E-state index contributed by atoms with van der Waals surface area (Å²) in [5.74, 6) is 0.795. The number of hydrogen-bond donors (Lipinski definition) is 2. The van der Waals surface area contributed by atoms with Crippen molar-refractivity contribution in [2.24, 2.45) is 0 Å². The second kappa shape index (κ2) is 9.65. The van der Waals surface area contributed by atoms with Crippen LogP contribution in [0.3, 0.4) is 0 Å². The van der Waals surface area contributed by atoms with Crippen LogP contribution in [0.1, 0.15) is 0 Å². The van der Waals surface area contributed by atoms with E-state index in [1.807, 2.05) is 36.4 Å². The van der Waals surface area contributed by atoms with E-state index in [9.17, 15) is 10.1 Å². The normalized spacial score (nSPS) is 10.7. The average Bonchev–Trinajstić information content (AvgIpc) is 2.73. The molecule has 0 saturated heterocycles. The first-order valence-corrected chi connectivity index (χ1v) is 9.27. The monoisotopic (exact) mass is 423 g/mol. The lowest BCUT2D eigenvalue weighted by Gasteiger charge is -2.08. The molecule has 0 aromatic heterocycles. The maximum atomic E-state index is 12.3. The van der Waals surface area contributed by atoms with E-state index in [2.05, 4.69) is 10.6 Å². The zero-order valence-corrected chi connectivity index (χ0v) is 16.5. The molecule has 2 N–H and O–H groups in total. The topological polar surface area (TPSA) is 74.1 Å². The van der Waals surface area contributed by atoms with E-state index in [1.165, 1.54) is 12.3 Å². The summed E-state index contributed by atoms with van der Waals surface area (Å²) in [5.41, 5.74) is 0.894. The van der Waals surface area contributed by atoms with E-state index >= 15 is 0 Å². The van der Waals surface area contributed by atoms with Gasteiger partial charge in [-0.1, -0.05) is 41.4 Å². The quantitative estimate of drug-likeness (QED) is 0.363. The Labute approximate surface area is 178 Å². The zero-order chi connectivity index (χ0) is 20.6. The molecule has 0 radical (unpaired) electrons. The Hall–Kier alpha value is -3.46. The maximum absolute atomic E-state index is 12.3. The van der Waals surface area contributed by atoms with E-state index < -0.39 is 5.91 Å². The molecule has 0 spiro atoms. The van der Waals surface area contributed by atoms with Crippen LogP contribution in [0, 0.1) is 11.3 Å². The summed E-state index contributed by atoms with van der Waals surface area (Å²) in [6.45, 7) is 0. The molecule has 0 fully saturated rings. The fourth-order valence-corrected chi connectivity index (χ4v) is 2.67. The van der Waals surface area contributed by atoms with Crippen molar-refractivity contribution in [2.75, 3.05) is 10.6 Å². The molecule has 3 rings (SSSR count). The van der Waals surface area contributed by atoms with Crippen molar-refractivity contribution in [3.63, 3.8) is 0 Å². The molecule has 0 unspecified atom stereocenters. The van der Waals surface area contributed by atoms with Gasteiger partial charge in [-0.15, -0.1) is 0 Å². The van der Waals surface area contributed by atoms with Crippen molar-refractivity contribution in [1.82, 2.24) is 0 Å². The minimum atomic E-state index is -0.604. The highest BCUT2D eigenvalue weighted by molar-refractivity contribution is 6.36. The molecular weight excluding hydrogens is 409 g/mol. The third-order valence-electron chi connectivity index (χ3n) is 3.76. The van der Waals surface area contributed by atoms with E-state index in [0.29, 0.717) is 27.2 Å².